The molecule has 1 aromatic rings. The number of carbonyl (C=O) groups is 1. The van der Waals surface area contributed by atoms with Crippen molar-refractivity contribution in [1.82, 2.24) is 5.32 Å². The third-order valence-electron chi connectivity index (χ3n) is 4.37. The molecule has 168 valence electrons. The number of ether oxygens (including phenoxy) is 4. The molecule has 0 saturated heterocycles. The lowest BCUT2D eigenvalue weighted by atomic mass is 10.0. The number of carboxylic acids is 1. The van der Waals surface area contributed by atoms with Crippen LogP contribution < -0.4 is 19.5 Å². The van der Waals surface area contributed by atoms with Gasteiger partial charge in [-0.1, -0.05) is 6.58 Å². The summed E-state index contributed by atoms with van der Waals surface area (Å²) < 4.78 is 47.4. The summed E-state index contributed by atoms with van der Waals surface area (Å²) in [6.07, 6.45) is 2.98. The predicted molar refractivity (Wildman–Crippen MR) is 116 cm³/mol. The van der Waals surface area contributed by atoms with Gasteiger partial charge in [0.15, 0.2) is 5.76 Å². The fourth-order valence-corrected chi connectivity index (χ4v) is 4.20. The highest BCUT2D eigenvalue weighted by atomic mass is 32.2. The summed E-state index contributed by atoms with van der Waals surface area (Å²) in [5, 5.41) is 12.6. The molecule has 0 unspecified atom stereocenters. The quantitative estimate of drug-likeness (QED) is 0.553. The molecular weight excluding hydrogens is 426 g/mol. The third kappa shape index (κ3) is 5.60. The van der Waals surface area contributed by atoms with Gasteiger partial charge in [0, 0.05) is 24.0 Å². The molecule has 10 heteroatoms. The summed E-state index contributed by atoms with van der Waals surface area (Å²) in [7, 11) is 1.69. The molecular formula is C21H25NO8S. The van der Waals surface area contributed by atoms with Gasteiger partial charge in [-0.05, 0) is 17.7 Å². The SMILES string of the molecule is C=C1C=C(S(=O)(=O)C=Cc2c(OC)cc(OC)cc2OC)C(OC)=C(NCC(=O)O)C1. The van der Waals surface area contributed by atoms with Crippen molar-refractivity contribution in [1.29, 1.82) is 0 Å². The van der Waals surface area contributed by atoms with Crippen molar-refractivity contribution in [2.45, 2.75) is 6.42 Å². The van der Waals surface area contributed by atoms with Gasteiger partial charge in [-0.2, -0.15) is 0 Å². The lowest BCUT2D eigenvalue weighted by Crippen LogP contribution is -2.26. The Balaban J connectivity index is 2.51. The van der Waals surface area contributed by atoms with Crippen LogP contribution in [0.1, 0.15) is 12.0 Å². The van der Waals surface area contributed by atoms with Crippen molar-refractivity contribution in [3.05, 3.63) is 57.7 Å². The second-order valence-electron chi connectivity index (χ2n) is 6.40. The number of aliphatic carboxylic acids is 1. The molecule has 0 radical (unpaired) electrons. The monoisotopic (exact) mass is 451 g/mol. The summed E-state index contributed by atoms with van der Waals surface area (Å²) in [5.74, 6) is 0.142. The van der Waals surface area contributed by atoms with Gasteiger partial charge in [-0.3, -0.25) is 4.79 Å². The maximum atomic E-state index is 13.1. The van der Waals surface area contributed by atoms with Crippen molar-refractivity contribution in [2.24, 2.45) is 0 Å². The summed E-state index contributed by atoms with van der Waals surface area (Å²) >= 11 is 0. The van der Waals surface area contributed by atoms with E-state index < -0.39 is 15.8 Å². The largest absolute Gasteiger partial charge is 0.496 e. The van der Waals surface area contributed by atoms with Gasteiger partial charge in [0.05, 0.1) is 39.7 Å². The zero-order chi connectivity index (χ0) is 23.2. The van der Waals surface area contributed by atoms with E-state index in [0.29, 0.717) is 34.1 Å². The highest BCUT2D eigenvalue weighted by Gasteiger charge is 2.28. The first-order valence-corrected chi connectivity index (χ1v) is 10.6. The Labute approximate surface area is 181 Å². The lowest BCUT2D eigenvalue weighted by Gasteiger charge is -2.21. The first-order valence-electron chi connectivity index (χ1n) is 9.02. The van der Waals surface area contributed by atoms with Crippen LogP contribution >= 0.6 is 0 Å². The maximum absolute atomic E-state index is 13.1. The standard InChI is InChI=1S/C21H25NO8S/c1-13-8-16(22-12-20(23)24)21(30-5)19(9-13)31(25,26)7-6-15-17(28-3)10-14(27-2)11-18(15)29-4/h6-7,9-11,22H,1,8,12H2,2-5H3,(H,23,24). The van der Waals surface area contributed by atoms with Crippen LogP contribution in [0.2, 0.25) is 0 Å². The molecule has 1 aliphatic carbocycles. The van der Waals surface area contributed by atoms with Gasteiger partial charge in [0.2, 0.25) is 9.84 Å². The van der Waals surface area contributed by atoms with E-state index in [0.717, 1.165) is 5.41 Å². The first kappa shape index (κ1) is 23.9. The molecule has 0 atom stereocenters. The van der Waals surface area contributed by atoms with E-state index in [2.05, 4.69) is 11.9 Å². The number of hydrogen-bond donors (Lipinski definition) is 2. The number of methoxy groups -OCH3 is 4. The van der Waals surface area contributed by atoms with Gasteiger partial charge >= 0.3 is 5.97 Å². The zero-order valence-electron chi connectivity index (χ0n) is 17.7. The van der Waals surface area contributed by atoms with Crippen LogP contribution in [0.3, 0.4) is 0 Å². The van der Waals surface area contributed by atoms with Gasteiger partial charge in [-0.15, -0.1) is 0 Å². The summed E-state index contributed by atoms with van der Waals surface area (Å²) in [6, 6.07) is 3.20. The van der Waals surface area contributed by atoms with Crippen molar-refractivity contribution in [2.75, 3.05) is 35.0 Å². The van der Waals surface area contributed by atoms with Crippen molar-refractivity contribution < 1.29 is 37.3 Å². The van der Waals surface area contributed by atoms with Gasteiger partial charge in [0.1, 0.15) is 28.7 Å². The molecule has 0 bridgehead atoms. The van der Waals surface area contributed by atoms with E-state index in [1.54, 1.807) is 12.1 Å². The highest BCUT2D eigenvalue weighted by Crippen LogP contribution is 2.36. The molecule has 2 rings (SSSR count). The van der Waals surface area contributed by atoms with E-state index in [1.165, 1.54) is 40.6 Å². The van der Waals surface area contributed by atoms with E-state index in [9.17, 15) is 13.2 Å². The average Bonchev–Trinajstić information content (AvgIpc) is 2.74. The fourth-order valence-electron chi connectivity index (χ4n) is 2.95. The van der Waals surface area contributed by atoms with Crippen LogP contribution in [0.5, 0.6) is 17.2 Å². The Bertz CT molecular complexity index is 1040. The average molecular weight is 451 g/mol. The minimum absolute atomic E-state index is 0.0342. The van der Waals surface area contributed by atoms with Crippen LogP contribution in [-0.4, -0.2) is 54.5 Å². The number of allylic oxidation sites excluding steroid dienone is 2. The molecule has 0 aliphatic heterocycles. The normalized spacial score (nSPS) is 14.3. The summed E-state index contributed by atoms with van der Waals surface area (Å²) in [6.45, 7) is 3.43. The maximum Gasteiger partial charge on any atom is 0.322 e. The second kappa shape index (κ2) is 10.1. The molecule has 0 saturated carbocycles. The molecule has 0 amide bonds. The molecule has 2 N–H and O–H groups in total. The topological polar surface area (TPSA) is 120 Å². The van der Waals surface area contributed by atoms with E-state index >= 15 is 0 Å². The van der Waals surface area contributed by atoms with Crippen LogP contribution in [0, 0.1) is 0 Å². The number of hydrogen-bond acceptors (Lipinski definition) is 8. The molecule has 9 nitrogen and oxygen atoms in total. The smallest absolute Gasteiger partial charge is 0.322 e. The van der Waals surface area contributed by atoms with E-state index in [-0.39, 0.29) is 23.6 Å². The third-order valence-corrected chi connectivity index (χ3v) is 5.78. The summed E-state index contributed by atoms with van der Waals surface area (Å²) in [5.41, 5.74) is 1.21. The van der Waals surface area contributed by atoms with Gasteiger partial charge < -0.3 is 29.4 Å². The molecule has 0 heterocycles. The Kier molecular flexibility index (Phi) is 7.76. The number of sulfone groups is 1. The minimum Gasteiger partial charge on any atom is -0.496 e. The number of nitrogens with one attached hydrogen (secondary N) is 1. The minimum atomic E-state index is -4.01. The Morgan fingerprint density at radius 3 is 2.23 bits per heavy atom. The Morgan fingerprint density at radius 1 is 1.13 bits per heavy atom. The molecule has 1 aromatic carbocycles. The van der Waals surface area contributed by atoms with Crippen LogP contribution in [0.4, 0.5) is 0 Å². The first-order chi connectivity index (χ1) is 14.7. The van der Waals surface area contributed by atoms with Gasteiger partial charge in [0.25, 0.3) is 0 Å². The number of rotatable bonds is 10. The zero-order valence-corrected chi connectivity index (χ0v) is 18.5. The molecule has 0 fully saturated rings. The van der Waals surface area contributed by atoms with Crippen molar-refractivity contribution >= 4 is 21.9 Å². The predicted octanol–water partition coefficient (Wildman–Crippen LogP) is 2.47. The number of benzene rings is 1. The van der Waals surface area contributed by atoms with Crippen LogP contribution in [0.15, 0.2) is 52.1 Å². The molecule has 1 aliphatic rings. The van der Waals surface area contributed by atoms with E-state index in [1.807, 2.05) is 0 Å². The van der Waals surface area contributed by atoms with Crippen molar-refractivity contribution in [3.63, 3.8) is 0 Å². The fraction of sp³-hybridized carbons (Fsp3) is 0.286. The van der Waals surface area contributed by atoms with E-state index in [4.69, 9.17) is 24.1 Å². The Hall–Kier alpha value is -3.40. The van der Waals surface area contributed by atoms with Crippen LogP contribution in [0.25, 0.3) is 6.08 Å². The number of carboxylic acid groups (broad SMARTS) is 1. The van der Waals surface area contributed by atoms with Crippen LogP contribution in [-0.2, 0) is 19.4 Å². The molecule has 0 spiro atoms. The molecule has 31 heavy (non-hydrogen) atoms. The van der Waals surface area contributed by atoms with Gasteiger partial charge in [-0.25, -0.2) is 8.42 Å². The molecule has 0 aromatic heterocycles. The lowest BCUT2D eigenvalue weighted by molar-refractivity contribution is -0.135. The Morgan fingerprint density at radius 2 is 1.74 bits per heavy atom. The second-order valence-corrected chi connectivity index (χ2v) is 8.20. The van der Waals surface area contributed by atoms with Crippen molar-refractivity contribution in [3.8, 4) is 17.2 Å². The summed E-state index contributed by atoms with van der Waals surface area (Å²) in [4.78, 5) is 10.8. The highest BCUT2D eigenvalue weighted by molar-refractivity contribution is 7.98.